The lowest BCUT2D eigenvalue weighted by Gasteiger charge is -2.16. The van der Waals surface area contributed by atoms with Gasteiger partial charge >= 0.3 is 0 Å². The van der Waals surface area contributed by atoms with Crippen LogP contribution in [-0.2, 0) is 9.59 Å². The molecule has 0 saturated carbocycles. The van der Waals surface area contributed by atoms with Gasteiger partial charge < -0.3 is 15.0 Å². The number of hydrogen-bond donors (Lipinski definition) is 1. The van der Waals surface area contributed by atoms with Crippen molar-refractivity contribution in [3.63, 3.8) is 0 Å². The summed E-state index contributed by atoms with van der Waals surface area (Å²) < 4.78 is 18.4. The number of nitrogens with one attached hydrogen (secondary N) is 1. The van der Waals surface area contributed by atoms with Gasteiger partial charge in [-0.2, -0.15) is 0 Å². The first-order valence-corrected chi connectivity index (χ1v) is 8.16. The smallest absolute Gasteiger partial charge is 0.229 e. The zero-order chi connectivity index (χ0) is 17.8. The molecule has 0 aromatic heterocycles. The number of amides is 2. The Labute approximate surface area is 145 Å². The molecule has 0 bridgehead atoms. The second-order valence-electron chi connectivity index (χ2n) is 5.83. The molecule has 1 saturated heterocycles. The third-order valence-corrected chi connectivity index (χ3v) is 4.07. The summed E-state index contributed by atoms with van der Waals surface area (Å²) >= 11 is 0. The lowest BCUT2D eigenvalue weighted by atomic mass is 10.1. The monoisotopic (exact) mass is 342 g/mol. The van der Waals surface area contributed by atoms with Crippen LogP contribution in [0.25, 0.3) is 0 Å². The van der Waals surface area contributed by atoms with Crippen molar-refractivity contribution in [2.75, 3.05) is 23.4 Å². The zero-order valence-corrected chi connectivity index (χ0v) is 13.9. The minimum absolute atomic E-state index is 0.139. The fraction of sp³-hybridized carbons (Fsp3) is 0.263. The Morgan fingerprint density at radius 2 is 1.88 bits per heavy atom. The fourth-order valence-corrected chi connectivity index (χ4v) is 2.80. The molecule has 1 heterocycles. The number of nitrogens with zero attached hydrogens (tertiary/aromatic N) is 1. The summed E-state index contributed by atoms with van der Waals surface area (Å²) in [4.78, 5) is 26.1. The van der Waals surface area contributed by atoms with Gasteiger partial charge in [0.25, 0.3) is 0 Å². The van der Waals surface area contributed by atoms with Gasteiger partial charge in [-0.3, -0.25) is 9.59 Å². The summed E-state index contributed by atoms with van der Waals surface area (Å²) in [6, 6.07) is 12.8. The summed E-state index contributed by atoms with van der Waals surface area (Å²) in [5.41, 5.74) is 1.25. The van der Waals surface area contributed by atoms with E-state index in [1.807, 2.05) is 6.92 Å². The average Bonchev–Trinajstić information content (AvgIpc) is 3.00. The first kappa shape index (κ1) is 17.0. The van der Waals surface area contributed by atoms with Gasteiger partial charge in [0.2, 0.25) is 11.8 Å². The minimum Gasteiger partial charge on any atom is -0.494 e. The average molecular weight is 342 g/mol. The van der Waals surface area contributed by atoms with E-state index in [9.17, 15) is 14.0 Å². The second kappa shape index (κ2) is 7.34. The number of anilines is 2. The molecule has 1 N–H and O–H groups in total. The van der Waals surface area contributed by atoms with Gasteiger partial charge in [-0.15, -0.1) is 0 Å². The molecule has 2 aromatic rings. The highest BCUT2D eigenvalue weighted by Gasteiger charge is 2.35. The van der Waals surface area contributed by atoms with Crippen LogP contribution in [0.15, 0.2) is 48.5 Å². The largest absolute Gasteiger partial charge is 0.494 e. The molecule has 2 aromatic carbocycles. The number of rotatable bonds is 5. The summed E-state index contributed by atoms with van der Waals surface area (Å²) in [7, 11) is 0. The lowest BCUT2D eigenvalue weighted by molar-refractivity contribution is -0.122. The van der Waals surface area contributed by atoms with Crippen LogP contribution >= 0.6 is 0 Å². The maximum absolute atomic E-state index is 13.0. The summed E-state index contributed by atoms with van der Waals surface area (Å²) in [6.07, 6.45) is 0.139. The van der Waals surface area contributed by atoms with Crippen LogP contribution in [0.5, 0.6) is 5.75 Å². The molecule has 1 aliphatic rings. The standard InChI is InChI=1S/C19H19FN2O3/c1-2-25-17-9-5-15(6-10-17)21-19(24)13-11-18(23)22(12-13)16-7-3-14(20)4-8-16/h3-10,13H,2,11-12H2,1H3,(H,21,24)/t13-/m0/s1. The quantitative estimate of drug-likeness (QED) is 0.908. The topological polar surface area (TPSA) is 58.6 Å². The molecule has 3 rings (SSSR count). The van der Waals surface area contributed by atoms with Gasteiger partial charge in [0.05, 0.1) is 12.5 Å². The number of benzene rings is 2. The number of ether oxygens (including phenoxy) is 1. The molecule has 0 unspecified atom stereocenters. The number of carbonyl (C=O) groups excluding carboxylic acids is 2. The van der Waals surface area contributed by atoms with Gasteiger partial charge in [-0.05, 0) is 55.5 Å². The van der Waals surface area contributed by atoms with Crippen molar-refractivity contribution in [1.29, 1.82) is 0 Å². The molecular formula is C19H19FN2O3. The molecule has 1 aliphatic heterocycles. The summed E-state index contributed by atoms with van der Waals surface area (Å²) in [5, 5.41) is 2.82. The van der Waals surface area contributed by atoms with Crippen LogP contribution in [0.4, 0.5) is 15.8 Å². The van der Waals surface area contributed by atoms with Gasteiger partial charge in [0.1, 0.15) is 11.6 Å². The van der Waals surface area contributed by atoms with Crippen molar-refractivity contribution >= 4 is 23.2 Å². The van der Waals surface area contributed by atoms with Gasteiger partial charge in [0.15, 0.2) is 0 Å². The van der Waals surface area contributed by atoms with E-state index < -0.39 is 5.92 Å². The molecule has 0 aliphatic carbocycles. The molecular weight excluding hydrogens is 323 g/mol. The van der Waals surface area contributed by atoms with E-state index in [-0.39, 0.29) is 30.6 Å². The molecule has 0 radical (unpaired) electrons. The third kappa shape index (κ3) is 3.96. The Kier molecular flexibility index (Phi) is 4.97. The molecule has 1 fully saturated rings. The summed E-state index contributed by atoms with van der Waals surface area (Å²) in [5.74, 6) is -0.413. The zero-order valence-electron chi connectivity index (χ0n) is 13.9. The Morgan fingerprint density at radius 1 is 1.20 bits per heavy atom. The van der Waals surface area contributed by atoms with E-state index in [1.54, 1.807) is 36.4 Å². The number of hydrogen-bond acceptors (Lipinski definition) is 3. The van der Waals surface area contributed by atoms with Gasteiger partial charge in [-0.25, -0.2) is 4.39 Å². The van der Waals surface area contributed by atoms with Crippen molar-refractivity contribution in [1.82, 2.24) is 0 Å². The lowest BCUT2D eigenvalue weighted by Crippen LogP contribution is -2.28. The maximum Gasteiger partial charge on any atom is 0.229 e. The van der Waals surface area contributed by atoms with Crippen molar-refractivity contribution in [3.05, 3.63) is 54.3 Å². The van der Waals surface area contributed by atoms with Crippen LogP contribution in [0, 0.1) is 11.7 Å². The SMILES string of the molecule is CCOc1ccc(NC(=O)[C@H]2CC(=O)N(c3ccc(F)cc3)C2)cc1. The van der Waals surface area contributed by atoms with Crippen molar-refractivity contribution < 1.29 is 18.7 Å². The first-order valence-electron chi connectivity index (χ1n) is 8.16. The number of carbonyl (C=O) groups is 2. The molecule has 130 valence electrons. The van der Waals surface area contributed by atoms with E-state index in [2.05, 4.69) is 5.32 Å². The Bertz CT molecular complexity index is 759. The summed E-state index contributed by atoms with van der Waals surface area (Å²) in [6.45, 7) is 2.77. The van der Waals surface area contributed by atoms with Crippen molar-refractivity contribution in [3.8, 4) is 5.75 Å². The highest BCUT2D eigenvalue weighted by atomic mass is 19.1. The Morgan fingerprint density at radius 3 is 2.52 bits per heavy atom. The van der Waals surface area contributed by atoms with E-state index in [0.29, 0.717) is 18.0 Å². The predicted molar refractivity (Wildman–Crippen MR) is 93.1 cm³/mol. The molecule has 0 spiro atoms. The minimum atomic E-state index is -0.441. The van der Waals surface area contributed by atoms with Gasteiger partial charge in [-0.1, -0.05) is 0 Å². The van der Waals surface area contributed by atoms with E-state index in [0.717, 1.165) is 5.75 Å². The van der Waals surface area contributed by atoms with Crippen LogP contribution < -0.4 is 15.0 Å². The van der Waals surface area contributed by atoms with E-state index >= 15 is 0 Å². The maximum atomic E-state index is 13.0. The van der Waals surface area contributed by atoms with Crippen LogP contribution in [0.1, 0.15) is 13.3 Å². The molecule has 2 amide bonds. The Hall–Kier alpha value is -2.89. The van der Waals surface area contributed by atoms with Crippen LogP contribution in [0.2, 0.25) is 0 Å². The van der Waals surface area contributed by atoms with Gasteiger partial charge in [0, 0.05) is 24.3 Å². The fourth-order valence-electron chi connectivity index (χ4n) is 2.80. The molecule has 6 heteroatoms. The molecule has 25 heavy (non-hydrogen) atoms. The molecule has 1 atom stereocenters. The second-order valence-corrected chi connectivity index (χ2v) is 5.83. The van der Waals surface area contributed by atoms with Crippen LogP contribution in [-0.4, -0.2) is 25.0 Å². The van der Waals surface area contributed by atoms with Crippen molar-refractivity contribution in [2.45, 2.75) is 13.3 Å². The predicted octanol–water partition coefficient (Wildman–Crippen LogP) is 3.22. The highest BCUT2D eigenvalue weighted by Crippen LogP contribution is 2.26. The normalized spacial score (nSPS) is 16.8. The van der Waals surface area contributed by atoms with E-state index in [4.69, 9.17) is 4.74 Å². The third-order valence-electron chi connectivity index (χ3n) is 4.07. The first-order chi connectivity index (χ1) is 12.1. The highest BCUT2D eigenvalue weighted by molar-refractivity contribution is 6.03. The Balaban J connectivity index is 1.63. The number of halogens is 1. The van der Waals surface area contributed by atoms with Crippen LogP contribution in [0.3, 0.4) is 0 Å². The molecule has 5 nitrogen and oxygen atoms in total. The van der Waals surface area contributed by atoms with E-state index in [1.165, 1.54) is 17.0 Å². The van der Waals surface area contributed by atoms with Crippen molar-refractivity contribution in [2.24, 2.45) is 5.92 Å².